The van der Waals surface area contributed by atoms with Gasteiger partial charge in [-0.15, -0.1) is 0 Å². The molecule has 242 valence electrons. The number of primary amides is 1. The molecular formula is C34H30Cl2FN5O5. The molecule has 2 amide bonds. The number of amides is 2. The summed E-state index contributed by atoms with van der Waals surface area (Å²) < 4.78 is 27.3. The number of aromatic nitrogens is 3. The molecule has 0 aliphatic heterocycles. The van der Waals surface area contributed by atoms with Gasteiger partial charge in [0.25, 0.3) is 11.8 Å². The predicted molar refractivity (Wildman–Crippen MR) is 176 cm³/mol. The molecule has 2 heterocycles. The number of nitrogens with one attached hydrogen (secondary N) is 1. The molecule has 0 saturated heterocycles. The zero-order valence-corrected chi connectivity index (χ0v) is 26.9. The van der Waals surface area contributed by atoms with Gasteiger partial charge in [0.2, 0.25) is 5.79 Å². The van der Waals surface area contributed by atoms with Crippen LogP contribution in [0.4, 0.5) is 4.39 Å². The van der Waals surface area contributed by atoms with Crippen LogP contribution in [0.5, 0.6) is 11.5 Å². The molecule has 0 unspecified atom stereocenters. The van der Waals surface area contributed by atoms with Gasteiger partial charge in [-0.3, -0.25) is 9.59 Å². The van der Waals surface area contributed by atoms with Crippen molar-refractivity contribution in [3.05, 3.63) is 105 Å². The zero-order chi connectivity index (χ0) is 33.5. The summed E-state index contributed by atoms with van der Waals surface area (Å²) in [5, 5.41) is 20.5. The molecular weight excluding hydrogens is 648 g/mol. The summed E-state index contributed by atoms with van der Waals surface area (Å²) >= 11 is 12.9. The number of nitrogens with zero attached hydrogens (tertiary/aromatic N) is 3. The fourth-order valence-electron chi connectivity index (χ4n) is 5.38. The Bertz CT molecular complexity index is 2020. The van der Waals surface area contributed by atoms with E-state index >= 15 is 0 Å². The highest BCUT2D eigenvalue weighted by molar-refractivity contribution is 6.43. The van der Waals surface area contributed by atoms with E-state index in [0.29, 0.717) is 34.9 Å². The van der Waals surface area contributed by atoms with Gasteiger partial charge < -0.3 is 25.6 Å². The Hall–Kier alpha value is -4.71. The number of carbonyl (C=O) groups is 2. The van der Waals surface area contributed by atoms with Gasteiger partial charge in [-0.05, 0) is 36.8 Å². The van der Waals surface area contributed by atoms with E-state index in [1.54, 1.807) is 67.7 Å². The second-order valence-corrected chi connectivity index (χ2v) is 11.9. The number of methoxy groups -OCH3 is 1. The highest BCUT2D eigenvalue weighted by atomic mass is 35.5. The number of alkyl halides is 1. The zero-order valence-electron chi connectivity index (χ0n) is 25.4. The van der Waals surface area contributed by atoms with Crippen molar-refractivity contribution in [3.8, 4) is 22.8 Å². The summed E-state index contributed by atoms with van der Waals surface area (Å²) in [6.45, 7) is 1.52. The summed E-state index contributed by atoms with van der Waals surface area (Å²) in [5.41, 5.74) is 5.19. The third-order valence-electron chi connectivity index (χ3n) is 8.04. The van der Waals surface area contributed by atoms with Crippen molar-refractivity contribution in [2.75, 3.05) is 20.3 Å². The predicted octanol–water partition coefficient (Wildman–Crippen LogP) is 5.99. The van der Waals surface area contributed by atoms with E-state index in [1.807, 2.05) is 0 Å². The van der Waals surface area contributed by atoms with E-state index in [2.05, 4.69) is 10.4 Å². The lowest BCUT2D eigenvalue weighted by atomic mass is 9.88. The number of nitrogens with two attached hydrogens (primary N) is 1. The average molecular weight is 679 g/mol. The largest absolute Gasteiger partial charge is 0.494 e. The third kappa shape index (κ3) is 5.97. The molecule has 1 aliphatic rings. The van der Waals surface area contributed by atoms with Crippen LogP contribution < -0.4 is 20.5 Å². The molecule has 0 radical (unpaired) electrons. The van der Waals surface area contributed by atoms with Crippen molar-refractivity contribution >= 4 is 45.9 Å². The molecule has 6 rings (SSSR count). The Morgan fingerprint density at radius 3 is 2.53 bits per heavy atom. The normalized spacial score (nSPS) is 14.8. The van der Waals surface area contributed by atoms with Crippen LogP contribution in [0.1, 0.15) is 51.7 Å². The number of rotatable bonds is 11. The molecule has 2 aromatic heterocycles. The Morgan fingerprint density at radius 2 is 1.87 bits per heavy atom. The molecule has 1 aliphatic carbocycles. The monoisotopic (exact) mass is 677 g/mol. The quantitative estimate of drug-likeness (QED) is 0.156. The topological polar surface area (TPSA) is 142 Å². The minimum absolute atomic E-state index is 0.0146. The van der Waals surface area contributed by atoms with Crippen LogP contribution in [-0.4, -0.2) is 51.9 Å². The molecule has 0 bridgehead atoms. The number of hydrogen-bond donors (Lipinski definition) is 3. The second-order valence-electron chi connectivity index (χ2n) is 11.1. The van der Waals surface area contributed by atoms with Crippen molar-refractivity contribution in [3.63, 3.8) is 0 Å². The Kier molecular flexibility index (Phi) is 8.56. The lowest BCUT2D eigenvalue weighted by Crippen LogP contribution is -2.42. The van der Waals surface area contributed by atoms with Crippen molar-refractivity contribution < 1.29 is 28.6 Å². The van der Waals surface area contributed by atoms with E-state index in [1.165, 1.54) is 23.9 Å². The van der Waals surface area contributed by atoms with Gasteiger partial charge in [-0.2, -0.15) is 5.10 Å². The van der Waals surface area contributed by atoms with Crippen LogP contribution in [0, 0.1) is 0 Å². The molecule has 4 N–H and O–H groups in total. The summed E-state index contributed by atoms with van der Waals surface area (Å²) in [6, 6.07) is 17.8. The Balaban J connectivity index is 1.44. The lowest BCUT2D eigenvalue weighted by molar-refractivity contribution is 0.0665. The molecule has 5 aromatic rings. The maximum atomic E-state index is 14.8. The Morgan fingerprint density at radius 1 is 1.13 bits per heavy atom. The molecule has 1 atom stereocenters. The van der Waals surface area contributed by atoms with Crippen molar-refractivity contribution in [2.45, 2.75) is 31.2 Å². The maximum absolute atomic E-state index is 14.8. The van der Waals surface area contributed by atoms with Crippen LogP contribution in [0.3, 0.4) is 0 Å². The first-order valence-electron chi connectivity index (χ1n) is 14.7. The van der Waals surface area contributed by atoms with E-state index in [-0.39, 0.29) is 57.2 Å². The van der Waals surface area contributed by atoms with Gasteiger partial charge >= 0.3 is 0 Å². The number of pyridine rings is 1. The first-order chi connectivity index (χ1) is 22.5. The minimum atomic E-state index is -1.99. The van der Waals surface area contributed by atoms with Gasteiger partial charge in [0, 0.05) is 35.6 Å². The van der Waals surface area contributed by atoms with Gasteiger partial charge in [0.15, 0.2) is 5.75 Å². The fraction of sp³-hybridized carbons (Fsp3) is 0.235. The van der Waals surface area contributed by atoms with E-state index in [0.717, 1.165) is 0 Å². The number of hydrogen-bond acceptors (Lipinski definition) is 7. The second kappa shape index (κ2) is 12.5. The SMILES string of the molecule is CCOc1c(C(N)=O)cc([C@@](O)(CNC(=O)c2cc(OC)c3nn(C4(F)CC4)cc3c2)c2ccccc2)nc1-c1cccc(Cl)c1Cl. The van der Waals surface area contributed by atoms with Crippen LogP contribution in [0.25, 0.3) is 22.2 Å². The summed E-state index contributed by atoms with van der Waals surface area (Å²) in [5.74, 6) is -2.58. The van der Waals surface area contributed by atoms with Crippen LogP contribution in [-0.2, 0) is 11.4 Å². The fourth-order valence-corrected chi connectivity index (χ4v) is 5.77. The van der Waals surface area contributed by atoms with Crippen molar-refractivity contribution in [1.82, 2.24) is 20.1 Å². The highest BCUT2D eigenvalue weighted by Crippen LogP contribution is 2.45. The van der Waals surface area contributed by atoms with Gasteiger partial charge in [-0.25, -0.2) is 14.1 Å². The standard InChI is InChI=1S/C34H30Cl2FN5O5/c1-3-47-30-23(31(38)43)16-26(40-29(30)22-10-7-11-24(35)27(22)36)34(45,21-8-5-4-6-9-21)18-39-32(44)19-14-20-17-42(33(37)12-13-33)41-28(20)25(15-19)46-2/h4-11,14-17,45H,3,12-13,18H2,1-2H3,(H2,38,43)(H,39,44)/t34-/m1/s1. The molecule has 13 heteroatoms. The number of fused-ring (bicyclic) bond motifs is 1. The maximum Gasteiger partial charge on any atom is 0.252 e. The summed E-state index contributed by atoms with van der Waals surface area (Å²) in [7, 11) is 1.43. The van der Waals surface area contributed by atoms with Crippen LogP contribution in [0.2, 0.25) is 10.0 Å². The number of halogens is 3. The minimum Gasteiger partial charge on any atom is -0.494 e. The Labute approximate surface area is 279 Å². The molecule has 1 saturated carbocycles. The van der Waals surface area contributed by atoms with Crippen LogP contribution in [0.15, 0.2) is 72.9 Å². The van der Waals surface area contributed by atoms with E-state index < -0.39 is 23.2 Å². The molecule has 47 heavy (non-hydrogen) atoms. The van der Waals surface area contributed by atoms with E-state index in [9.17, 15) is 19.1 Å². The number of ether oxygens (including phenoxy) is 2. The van der Waals surface area contributed by atoms with Crippen molar-refractivity contribution in [1.29, 1.82) is 0 Å². The lowest BCUT2D eigenvalue weighted by Gasteiger charge is -2.30. The highest BCUT2D eigenvalue weighted by Gasteiger charge is 2.46. The molecule has 0 spiro atoms. The molecule has 3 aromatic carbocycles. The van der Waals surface area contributed by atoms with Gasteiger partial charge in [0.1, 0.15) is 22.6 Å². The number of aliphatic hydroxyl groups is 1. The number of benzene rings is 3. The van der Waals surface area contributed by atoms with Gasteiger partial charge in [0.05, 0.1) is 41.6 Å². The molecule has 10 nitrogen and oxygen atoms in total. The smallest absolute Gasteiger partial charge is 0.252 e. The first kappa shape index (κ1) is 32.2. The average Bonchev–Trinajstić information content (AvgIpc) is 3.67. The van der Waals surface area contributed by atoms with Gasteiger partial charge in [-0.1, -0.05) is 65.7 Å². The third-order valence-corrected chi connectivity index (χ3v) is 8.86. The van der Waals surface area contributed by atoms with E-state index in [4.69, 9.17) is 43.4 Å². The summed E-state index contributed by atoms with van der Waals surface area (Å²) in [6.07, 6.45) is 2.26. The summed E-state index contributed by atoms with van der Waals surface area (Å²) in [4.78, 5) is 31.2. The van der Waals surface area contributed by atoms with Crippen molar-refractivity contribution in [2.24, 2.45) is 5.73 Å². The number of carbonyl (C=O) groups excluding carboxylic acids is 2. The molecule has 1 fully saturated rings. The van der Waals surface area contributed by atoms with Crippen LogP contribution >= 0.6 is 23.2 Å². The first-order valence-corrected chi connectivity index (χ1v) is 15.5.